The van der Waals surface area contributed by atoms with Gasteiger partial charge in [0.2, 0.25) is 0 Å². The van der Waals surface area contributed by atoms with Crippen LogP contribution in [0.1, 0.15) is 55.6 Å². The first-order valence-corrected chi connectivity index (χ1v) is 11.9. The van der Waals surface area contributed by atoms with Crippen molar-refractivity contribution in [1.29, 1.82) is 0 Å². The molecular formula is C27H39N3O. The molecule has 0 radical (unpaired) electrons. The molecule has 0 bridgehead atoms. The van der Waals surface area contributed by atoms with Crippen molar-refractivity contribution >= 4 is 5.71 Å². The van der Waals surface area contributed by atoms with Crippen LogP contribution in [0.2, 0.25) is 0 Å². The van der Waals surface area contributed by atoms with Crippen molar-refractivity contribution < 1.29 is 5.11 Å². The van der Waals surface area contributed by atoms with Gasteiger partial charge in [0.1, 0.15) is 5.75 Å². The molecule has 0 spiro atoms. The van der Waals surface area contributed by atoms with Crippen molar-refractivity contribution in [2.75, 3.05) is 46.8 Å². The zero-order valence-corrected chi connectivity index (χ0v) is 19.3. The van der Waals surface area contributed by atoms with E-state index in [2.05, 4.69) is 54.2 Å². The number of hydrogen-bond acceptors (Lipinski definition) is 4. The van der Waals surface area contributed by atoms with Crippen LogP contribution in [0.25, 0.3) is 0 Å². The summed E-state index contributed by atoms with van der Waals surface area (Å²) in [6.07, 6.45) is 7.05. The van der Waals surface area contributed by atoms with Crippen molar-refractivity contribution in [2.24, 2.45) is 4.99 Å². The third-order valence-corrected chi connectivity index (χ3v) is 6.31. The number of phenols is 1. The standard InChI is InChI=1S/C27H39N3O/c1-29(2)22-18-28-26(25-13-8-9-15-27(25)31)14-7-4-10-19-30-20-16-24(17-21-30)23-11-5-3-6-12-23/h3,5-6,8-9,11-13,15,24,31H,4,7,10,14,16-22H2,1-2H3/b28-26+. The van der Waals surface area contributed by atoms with Gasteiger partial charge in [0.05, 0.1) is 6.54 Å². The Morgan fingerprint density at radius 1 is 0.968 bits per heavy atom. The lowest BCUT2D eigenvalue weighted by Crippen LogP contribution is -2.33. The molecule has 2 aromatic rings. The zero-order valence-electron chi connectivity index (χ0n) is 19.3. The maximum atomic E-state index is 10.3. The van der Waals surface area contributed by atoms with Crippen LogP contribution in [0.4, 0.5) is 0 Å². The largest absolute Gasteiger partial charge is 0.507 e. The normalized spacial score (nSPS) is 16.2. The smallest absolute Gasteiger partial charge is 0.124 e. The molecule has 1 heterocycles. The molecule has 0 aliphatic carbocycles. The Hall–Kier alpha value is -2.17. The van der Waals surface area contributed by atoms with Crippen molar-refractivity contribution in [2.45, 2.75) is 44.4 Å². The Bertz CT molecular complexity index is 795. The highest BCUT2D eigenvalue weighted by atomic mass is 16.3. The summed E-state index contributed by atoms with van der Waals surface area (Å²) in [5.74, 6) is 1.07. The Labute approximate surface area is 188 Å². The number of para-hydroxylation sites is 1. The van der Waals surface area contributed by atoms with Crippen LogP contribution in [-0.2, 0) is 0 Å². The molecule has 168 valence electrons. The second-order valence-corrected chi connectivity index (χ2v) is 8.99. The van der Waals surface area contributed by atoms with Gasteiger partial charge in [0.15, 0.2) is 0 Å². The summed E-state index contributed by atoms with van der Waals surface area (Å²) in [4.78, 5) is 9.60. The molecule has 0 aromatic heterocycles. The van der Waals surface area contributed by atoms with Gasteiger partial charge in [-0.15, -0.1) is 0 Å². The van der Waals surface area contributed by atoms with E-state index in [1.165, 1.54) is 50.9 Å². The number of unbranched alkanes of at least 4 members (excludes halogenated alkanes) is 2. The van der Waals surface area contributed by atoms with Crippen molar-refractivity contribution in [3.63, 3.8) is 0 Å². The van der Waals surface area contributed by atoms with E-state index in [1.54, 1.807) is 6.07 Å². The summed E-state index contributed by atoms with van der Waals surface area (Å²) in [7, 11) is 4.13. The van der Waals surface area contributed by atoms with E-state index in [9.17, 15) is 5.11 Å². The molecule has 1 saturated heterocycles. The van der Waals surface area contributed by atoms with Crippen LogP contribution in [-0.4, -0.2) is 67.4 Å². The molecule has 1 aliphatic rings. The first-order valence-electron chi connectivity index (χ1n) is 11.9. The molecule has 4 heteroatoms. The molecule has 1 fully saturated rings. The van der Waals surface area contributed by atoms with E-state index in [0.29, 0.717) is 5.75 Å². The van der Waals surface area contributed by atoms with Crippen LogP contribution < -0.4 is 0 Å². The predicted octanol–water partition coefficient (Wildman–Crippen LogP) is 5.18. The minimum absolute atomic E-state index is 0.340. The summed E-state index contributed by atoms with van der Waals surface area (Å²) in [5, 5.41) is 10.3. The van der Waals surface area contributed by atoms with Crippen LogP contribution in [0.15, 0.2) is 59.6 Å². The number of likely N-dealkylation sites (tertiary alicyclic amines) is 1. The number of piperidine rings is 1. The van der Waals surface area contributed by atoms with Gasteiger partial charge in [0, 0.05) is 17.8 Å². The Balaban J connectivity index is 1.39. The SMILES string of the molecule is CN(C)CC/N=C(\CCCCCN1CCC(c2ccccc2)CC1)c1ccccc1O. The van der Waals surface area contributed by atoms with E-state index in [4.69, 9.17) is 4.99 Å². The van der Waals surface area contributed by atoms with Crippen LogP contribution in [0.5, 0.6) is 5.75 Å². The van der Waals surface area contributed by atoms with Crippen molar-refractivity contribution in [3.8, 4) is 5.75 Å². The molecule has 0 saturated carbocycles. The van der Waals surface area contributed by atoms with E-state index in [0.717, 1.165) is 43.1 Å². The lowest BCUT2D eigenvalue weighted by Gasteiger charge is -2.32. The third-order valence-electron chi connectivity index (χ3n) is 6.31. The van der Waals surface area contributed by atoms with Gasteiger partial charge in [0.25, 0.3) is 0 Å². The summed E-state index contributed by atoms with van der Waals surface area (Å²) in [6, 6.07) is 18.6. The van der Waals surface area contributed by atoms with Crippen LogP contribution in [0, 0.1) is 0 Å². The molecule has 31 heavy (non-hydrogen) atoms. The lowest BCUT2D eigenvalue weighted by molar-refractivity contribution is 0.208. The molecule has 0 unspecified atom stereocenters. The summed E-state index contributed by atoms with van der Waals surface area (Å²) in [5.41, 5.74) is 3.44. The number of nitrogens with zero attached hydrogens (tertiary/aromatic N) is 3. The average Bonchev–Trinajstić information content (AvgIpc) is 2.79. The monoisotopic (exact) mass is 421 g/mol. The number of benzene rings is 2. The minimum atomic E-state index is 0.340. The molecular weight excluding hydrogens is 382 g/mol. The van der Waals surface area contributed by atoms with Crippen LogP contribution in [0.3, 0.4) is 0 Å². The number of likely N-dealkylation sites (N-methyl/N-ethyl adjacent to an activating group) is 1. The van der Waals surface area contributed by atoms with Gasteiger partial charge in [-0.2, -0.15) is 0 Å². The van der Waals surface area contributed by atoms with E-state index in [-0.39, 0.29) is 0 Å². The fourth-order valence-electron chi connectivity index (χ4n) is 4.42. The second kappa shape index (κ2) is 12.6. The lowest BCUT2D eigenvalue weighted by atomic mass is 9.89. The summed E-state index contributed by atoms with van der Waals surface area (Å²) >= 11 is 0. The van der Waals surface area contributed by atoms with Crippen molar-refractivity contribution in [3.05, 3.63) is 65.7 Å². The number of phenolic OH excluding ortho intramolecular Hbond substituents is 1. The van der Waals surface area contributed by atoms with Crippen LogP contribution >= 0.6 is 0 Å². The third kappa shape index (κ3) is 7.79. The summed E-state index contributed by atoms with van der Waals surface area (Å²) < 4.78 is 0. The Morgan fingerprint density at radius 2 is 1.68 bits per heavy atom. The van der Waals surface area contributed by atoms with Crippen molar-refractivity contribution in [1.82, 2.24) is 9.80 Å². The quantitative estimate of drug-likeness (QED) is 0.401. The first kappa shape index (κ1) is 23.5. The first-order chi connectivity index (χ1) is 15.1. The Kier molecular flexibility index (Phi) is 9.57. The van der Waals surface area contributed by atoms with Gasteiger partial charge in [-0.05, 0) is 89.4 Å². The molecule has 1 N–H and O–H groups in total. The van der Waals surface area contributed by atoms with Gasteiger partial charge < -0.3 is 14.9 Å². The Morgan fingerprint density at radius 3 is 2.39 bits per heavy atom. The fourth-order valence-corrected chi connectivity index (χ4v) is 4.42. The molecule has 3 rings (SSSR count). The highest BCUT2D eigenvalue weighted by Crippen LogP contribution is 2.28. The molecule has 4 nitrogen and oxygen atoms in total. The molecule has 1 aliphatic heterocycles. The molecule has 0 atom stereocenters. The number of aromatic hydroxyl groups is 1. The molecule has 0 amide bonds. The fraction of sp³-hybridized carbons (Fsp3) is 0.519. The molecule has 2 aromatic carbocycles. The van der Waals surface area contributed by atoms with E-state index in [1.807, 2.05) is 18.2 Å². The van der Waals surface area contributed by atoms with Gasteiger partial charge in [-0.3, -0.25) is 4.99 Å². The topological polar surface area (TPSA) is 39.1 Å². The van der Waals surface area contributed by atoms with Gasteiger partial charge in [-0.25, -0.2) is 0 Å². The minimum Gasteiger partial charge on any atom is -0.507 e. The predicted molar refractivity (Wildman–Crippen MR) is 131 cm³/mol. The second-order valence-electron chi connectivity index (χ2n) is 8.99. The number of aliphatic imine (C=N–C) groups is 1. The average molecular weight is 422 g/mol. The summed E-state index contributed by atoms with van der Waals surface area (Å²) in [6.45, 7) is 5.33. The number of hydrogen-bond donors (Lipinski definition) is 1. The number of rotatable bonds is 11. The van der Waals surface area contributed by atoms with Gasteiger partial charge >= 0.3 is 0 Å². The highest BCUT2D eigenvalue weighted by Gasteiger charge is 2.19. The maximum Gasteiger partial charge on any atom is 0.124 e. The maximum absolute atomic E-state index is 10.3. The van der Waals surface area contributed by atoms with E-state index < -0.39 is 0 Å². The van der Waals surface area contributed by atoms with Gasteiger partial charge in [-0.1, -0.05) is 48.9 Å². The zero-order chi connectivity index (χ0) is 21.9. The highest BCUT2D eigenvalue weighted by molar-refractivity contribution is 6.02. The van der Waals surface area contributed by atoms with E-state index >= 15 is 0 Å².